The summed E-state index contributed by atoms with van der Waals surface area (Å²) >= 11 is 3.12. The molecule has 72 valence electrons. The van der Waals surface area contributed by atoms with E-state index in [4.69, 9.17) is 0 Å². The molecule has 0 amide bonds. The standard InChI is InChI=1S/C8H11BrN2O2/c1-3-10-5-6(9)7(12)11(4-2)8(10)13/h5H,3-4H2,1-2H3. The Bertz CT molecular complexity index is 419. The van der Waals surface area contributed by atoms with Gasteiger partial charge in [0.1, 0.15) is 0 Å². The molecule has 0 radical (unpaired) electrons. The van der Waals surface area contributed by atoms with E-state index in [1.807, 2.05) is 6.92 Å². The van der Waals surface area contributed by atoms with Gasteiger partial charge in [0.25, 0.3) is 5.56 Å². The minimum absolute atomic E-state index is 0.252. The second kappa shape index (κ2) is 3.91. The quantitative estimate of drug-likeness (QED) is 0.776. The number of halogens is 1. The van der Waals surface area contributed by atoms with Crippen molar-refractivity contribution >= 4 is 15.9 Å². The Hall–Kier alpha value is -0.840. The van der Waals surface area contributed by atoms with Gasteiger partial charge in [-0.3, -0.25) is 13.9 Å². The van der Waals surface area contributed by atoms with Gasteiger partial charge >= 0.3 is 5.69 Å². The van der Waals surface area contributed by atoms with Gasteiger partial charge in [-0.1, -0.05) is 0 Å². The molecular formula is C8H11BrN2O2. The van der Waals surface area contributed by atoms with Crippen LogP contribution in [-0.4, -0.2) is 9.13 Å². The summed E-state index contributed by atoms with van der Waals surface area (Å²) in [7, 11) is 0. The Morgan fingerprint density at radius 2 is 1.92 bits per heavy atom. The van der Waals surface area contributed by atoms with Gasteiger partial charge in [0.2, 0.25) is 0 Å². The number of aryl methyl sites for hydroxylation is 1. The van der Waals surface area contributed by atoms with Crippen LogP contribution >= 0.6 is 15.9 Å². The van der Waals surface area contributed by atoms with Crippen molar-refractivity contribution in [2.45, 2.75) is 26.9 Å². The van der Waals surface area contributed by atoms with Crippen LogP contribution in [0.15, 0.2) is 20.3 Å². The zero-order valence-corrected chi connectivity index (χ0v) is 9.17. The minimum Gasteiger partial charge on any atom is -0.300 e. The van der Waals surface area contributed by atoms with Crippen LogP contribution in [0.1, 0.15) is 13.8 Å². The number of hydrogen-bond acceptors (Lipinski definition) is 2. The van der Waals surface area contributed by atoms with Gasteiger partial charge in [-0.25, -0.2) is 4.79 Å². The molecule has 0 aliphatic heterocycles. The van der Waals surface area contributed by atoms with Gasteiger partial charge in [0.05, 0.1) is 4.47 Å². The van der Waals surface area contributed by atoms with Crippen LogP contribution in [0.5, 0.6) is 0 Å². The van der Waals surface area contributed by atoms with Crippen molar-refractivity contribution in [1.82, 2.24) is 9.13 Å². The van der Waals surface area contributed by atoms with Crippen molar-refractivity contribution < 1.29 is 0 Å². The molecular weight excluding hydrogens is 236 g/mol. The minimum atomic E-state index is -0.266. The molecule has 0 atom stereocenters. The van der Waals surface area contributed by atoms with Crippen LogP contribution in [0.4, 0.5) is 0 Å². The van der Waals surface area contributed by atoms with Crippen molar-refractivity contribution in [3.63, 3.8) is 0 Å². The number of rotatable bonds is 2. The van der Waals surface area contributed by atoms with E-state index in [0.717, 1.165) is 0 Å². The van der Waals surface area contributed by atoms with Crippen LogP contribution < -0.4 is 11.2 Å². The van der Waals surface area contributed by atoms with Crippen molar-refractivity contribution in [3.8, 4) is 0 Å². The van der Waals surface area contributed by atoms with Crippen LogP contribution in [0, 0.1) is 0 Å². The highest BCUT2D eigenvalue weighted by atomic mass is 79.9. The molecule has 0 aliphatic rings. The molecule has 0 aliphatic carbocycles. The number of aromatic nitrogens is 2. The zero-order valence-electron chi connectivity index (χ0n) is 7.58. The Labute approximate surface area is 83.9 Å². The molecule has 0 saturated heterocycles. The van der Waals surface area contributed by atoms with Gasteiger partial charge in [0, 0.05) is 19.3 Å². The average molecular weight is 247 g/mol. The first-order valence-corrected chi connectivity index (χ1v) is 4.90. The third-order valence-corrected chi connectivity index (χ3v) is 2.40. The van der Waals surface area contributed by atoms with E-state index in [1.165, 1.54) is 15.3 Å². The summed E-state index contributed by atoms with van der Waals surface area (Å²) in [5, 5.41) is 0. The van der Waals surface area contributed by atoms with Crippen LogP contribution in [0.2, 0.25) is 0 Å². The molecule has 1 rings (SSSR count). The van der Waals surface area contributed by atoms with E-state index in [-0.39, 0.29) is 11.2 Å². The third kappa shape index (κ3) is 1.75. The number of nitrogens with zero attached hydrogens (tertiary/aromatic N) is 2. The smallest absolute Gasteiger partial charge is 0.300 e. The first kappa shape index (κ1) is 10.2. The summed E-state index contributed by atoms with van der Waals surface area (Å²) in [5.41, 5.74) is -0.518. The largest absolute Gasteiger partial charge is 0.331 e. The average Bonchev–Trinajstić information content (AvgIpc) is 2.12. The summed E-state index contributed by atoms with van der Waals surface area (Å²) in [5.74, 6) is 0. The highest BCUT2D eigenvalue weighted by Gasteiger charge is 2.06. The van der Waals surface area contributed by atoms with E-state index in [0.29, 0.717) is 17.6 Å². The Kier molecular flexibility index (Phi) is 3.08. The highest BCUT2D eigenvalue weighted by Crippen LogP contribution is 1.98. The first-order valence-electron chi connectivity index (χ1n) is 4.11. The van der Waals surface area contributed by atoms with E-state index in [2.05, 4.69) is 15.9 Å². The van der Waals surface area contributed by atoms with E-state index in [1.54, 1.807) is 6.92 Å². The summed E-state index contributed by atoms with van der Waals surface area (Å²) in [6.07, 6.45) is 1.52. The van der Waals surface area contributed by atoms with Crippen LogP contribution in [-0.2, 0) is 13.1 Å². The third-order valence-electron chi connectivity index (χ3n) is 1.85. The number of hydrogen-bond donors (Lipinski definition) is 0. The Balaban J connectivity index is 3.58. The highest BCUT2D eigenvalue weighted by molar-refractivity contribution is 9.10. The molecule has 0 unspecified atom stereocenters. The molecule has 5 heteroatoms. The molecule has 0 bridgehead atoms. The van der Waals surface area contributed by atoms with Gasteiger partial charge in [-0.2, -0.15) is 0 Å². The monoisotopic (exact) mass is 246 g/mol. The molecule has 1 aromatic rings. The summed E-state index contributed by atoms with van der Waals surface area (Å²) in [6, 6.07) is 0. The topological polar surface area (TPSA) is 44.0 Å². The summed E-state index contributed by atoms with van der Waals surface area (Å²) in [4.78, 5) is 22.9. The SMILES string of the molecule is CCn1cc(Br)c(=O)n(CC)c1=O. The molecule has 0 saturated carbocycles. The van der Waals surface area contributed by atoms with E-state index < -0.39 is 0 Å². The van der Waals surface area contributed by atoms with E-state index in [9.17, 15) is 9.59 Å². The second-order valence-electron chi connectivity index (χ2n) is 2.60. The fourth-order valence-corrected chi connectivity index (χ4v) is 1.58. The van der Waals surface area contributed by atoms with Crippen molar-refractivity contribution in [3.05, 3.63) is 31.5 Å². The maximum atomic E-state index is 11.5. The van der Waals surface area contributed by atoms with Crippen LogP contribution in [0.3, 0.4) is 0 Å². The molecule has 1 aromatic heterocycles. The lowest BCUT2D eigenvalue weighted by molar-refractivity contribution is 0.583. The maximum Gasteiger partial charge on any atom is 0.331 e. The fourth-order valence-electron chi connectivity index (χ4n) is 1.12. The van der Waals surface area contributed by atoms with Gasteiger partial charge in [-0.15, -0.1) is 0 Å². The molecule has 0 spiro atoms. The van der Waals surface area contributed by atoms with Gasteiger partial charge in [-0.05, 0) is 29.8 Å². The molecule has 1 heterocycles. The lowest BCUT2D eigenvalue weighted by Crippen LogP contribution is -2.39. The second-order valence-corrected chi connectivity index (χ2v) is 3.45. The summed E-state index contributed by atoms with van der Waals surface area (Å²) in [6.45, 7) is 4.60. The molecule has 13 heavy (non-hydrogen) atoms. The van der Waals surface area contributed by atoms with Gasteiger partial charge < -0.3 is 0 Å². The lowest BCUT2D eigenvalue weighted by Gasteiger charge is -2.06. The fraction of sp³-hybridized carbons (Fsp3) is 0.500. The molecule has 0 N–H and O–H groups in total. The summed E-state index contributed by atoms with van der Waals surface area (Å²) < 4.78 is 3.12. The predicted molar refractivity (Wildman–Crippen MR) is 54.0 cm³/mol. The molecule has 4 nitrogen and oxygen atoms in total. The Morgan fingerprint density at radius 1 is 1.31 bits per heavy atom. The lowest BCUT2D eigenvalue weighted by atomic mass is 10.5. The van der Waals surface area contributed by atoms with Gasteiger partial charge in [0.15, 0.2) is 0 Å². The van der Waals surface area contributed by atoms with Crippen molar-refractivity contribution in [1.29, 1.82) is 0 Å². The molecule has 0 fully saturated rings. The van der Waals surface area contributed by atoms with Crippen LogP contribution in [0.25, 0.3) is 0 Å². The zero-order chi connectivity index (χ0) is 10.0. The maximum absolute atomic E-state index is 11.5. The Morgan fingerprint density at radius 3 is 2.38 bits per heavy atom. The first-order chi connectivity index (χ1) is 6.11. The van der Waals surface area contributed by atoms with E-state index >= 15 is 0 Å². The predicted octanol–water partition coefficient (Wildman–Crippen LogP) is 0.812. The molecule has 0 aromatic carbocycles. The van der Waals surface area contributed by atoms with Crippen molar-refractivity contribution in [2.24, 2.45) is 0 Å². The normalized spacial score (nSPS) is 10.4. The van der Waals surface area contributed by atoms with Crippen molar-refractivity contribution in [2.75, 3.05) is 0 Å².